The van der Waals surface area contributed by atoms with Gasteiger partial charge in [-0.15, -0.1) is 0 Å². The molecule has 0 aliphatic heterocycles. The molecular formula is C20H21N2+. The van der Waals surface area contributed by atoms with Crippen LogP contribution < -0.4 is 4.57 Å². The monoisotopic (exact) mass is 289 g/mol. The molecule has 0 spiro atoms. The number of aromatic nitrogens is 1. The van der Waals surface area contributed by atoms with Crippen molar-refractivity contribution in [2.75, 3.05) is 14.1 Å². The molecule has 2 nitrogen and oxygen atoms in total. The van der Waals surface area contributed by atoms with Crippen LogP contribution in [-0.2, 0) is 7.05 Å². The van der Waals surface area contributed by atoms with Gasteiger partial charge >= 0.3 is 0 Å². The molecule has 3 rings (SSSR count). The van der Waals surface area contributed by atoms with Crippen LogP contribution in [0.15, 0.2) is 66.7 Å². The molecule has 0 atom stereocenters. The van der Waals surface area contributed by atoms with Gasteiger partial charge in [-0.3, -0.25) is 0 Å². The van der Waals surface area contributed by atoms with Gasteiger partial charge in [-0.1, -0.05) is 42.5 Å². The highest BCUT2D eigenvalue weighted by Gasteiger charge is 2.17. The zero-order valence-corrected chi connectivity index (χ0v) is 13.3. The van der Waals surface area contributed by atoms with E-state index in [0.29, 0.717) is 0 Å². The summed E-state index contributed by atoms with van der Waals surface area (Å²) in [4.78, 5) is 2.16. The maximum absolute atomic E-state index is 2.25. The lowest BCUT2D eigenvalue weighted by Gasteiger charge is -2.16. The maximum Gasteiger partial charge on any atom is 0.229 e. The summed E-state index contributed by atoms with van der Waals surface area (Å²) in [5.74, 6) is 0. The Hall–Kier alpha value is -2.61. The molecule has 0 amide bonds. The Morgan fingerprint density at radius 2 is 1.55 bits per heavy atom. The molecule has 110 valence electrons. The molecule has 0 radical (unpaired) electrons. The summed E-state index contributed by atoms with van der Waals surface area (Å²) in [5.41, 5.74) is 4.84. The summed E-state index contributed by atoms with van der Waals surface area (Å²) < 4.78 is 2.25. The Morgan fingerprint density at radius 3 is 2.27 bits per heavy atom. The minimum Gasteiger partial charge on any atom is -0.372 e. The fourth-order valence-electron chi connectivity index (χ4n) is 2.74. The van der Waals surface area contributed by atoms with Gasteiger partial charge in [-0.05, 0) is 23.8 Å². The predicted octanol–water partition coefficient (Wildman–Crippen LogP) is 3.72. The van der Waals surface area contributed by atoms with Gasteiger partial charge in [0.15, 0.2) is 0 Å². The molecule has 2 aromatic carbocycles. The maximum atomic E-state index is 2.25. The van der Waals surface area contributed by atoms with Crippen molar-refractivity contribution < 1.29 is 4.57 Å². The Balaban J connectivity index is 2.18. The van der Waals surface area contributed by atoms with E-state index in [2.05, 4.69) is 97.3 Å². The van der Waals surface area contributed by atoms with Gasteiger partial charge in [0, 0.05) is 31.6 Å². The van der Waals surface area contributed by atoms with Gasteiger partial charge < -0.3 is 4.90 Å². The summed E-state index contributed by atoms with van der Waals surface area (Å²) in [6.45, 7) is 0. The van der Waals surface area contributed by atoms with Crippen molar-refractivity contribution in [3.8, 4) is 0 Å². The minimum atomic E-state index is 1.19. The molecule has 22 heavy (non-hydrogen) atoms. The lowest BCUT2D eigenvalue weighted by Crippen LogP contribution is -2.36. The van der Waals surface area contributed by atoms with Crippen LogP contribution in [-0.4, -0.2) is 19.0 Å². The third-order valence-electron chi connectivity index (χ3n) is 3.93. The number of hydrogen-bond donors (Lipinski definition) is 0. The van der Waals surface area contributed by atoms with Crippen molar-refractivity contribution in [2.24, 2.45) is 7.05 Å². The largest absolute Gasteiger partial charge is 0.372 e. The fourth-order valence-corrected chi connectivity index (χ4v) is 2.74. The van der Waals surface area contributed by atoms with Crippen molar-refractivity contribution in [3.63, 3.8) is 0 Å². The molecule has 0 unspecified atom stereocenters. The van der Waals surface area contributed by atoms with E-state index in [9.17, 15) is 0 Å². The predicted molar refractivity (Wildman–Crippen MR) is 93.1 cm³/mol. The number of aryl methyl sites for hydroxylation is 1. The van der Waals surface area contributed by atoms with E-state index in [0.717, 1.165) is 0 Å². The van der Waals surface area contributed by atoms with Crippen LogP contribution in [0.4, 0.5) is 0 Å². The quantitative estimate of drug-likeness (QED) is 0.667. The number of para-hydroxylation sites is 1. The molecule has 0 fully saturated rings. The molecule has 1 aromatic heterocycles. The second kappa shape index (κ2) is 6.02. The third kappa shape index (κ3) is 2.73. The van der Waals surface area contributed by atoms with Crippen molar-refractivity contribution in [2.45, 2.75) is 0 Å². The summed E-state index contributed by atoms with van der Waals surface area (Å²) in [6.07, 6.45) is 2.23. The number of benzene rings is 2. The number of hydrogen-bond acceptors (Lipinski definition) is 1. The lowest BCUT2D eigenvalue weighted by molar-refractivity contribution is -0.647. The summed E-state index contributed by atoms with van der Waals surface area (Å²) in [5, 5.41) is 1.26. The van der Waals surface area contributed by atoms with Gasteiger partial charge in [0.05, 0.1) is 0 Å². The smallest absolute Gasteiger partial charge is 0.229 e. The Labute approximate surface area is 131 Å². The number of pyridine rings is 1. The highest BCUT2D eigenvalue weighted by Crippen LogP contribution is 2.20. The standard InChI is InChI=1S/C20H21N2/c1-21(2)20(15-16-9-5-4-6-10-16)19-14-13-17-11-7-8-12-18(17)22(19)3/h4-15H,1-3H3/q+1. The number of fused-ring (bicyclic) bond motifs is 1. The van der Waals surface area contributed by atoms with Crippen molar-refractivity contribution in [1.29, 1.82) is 0 Å². The zero-order chi connectivity index (χ0) is 15.5. The molecular weight excluding hydrogens is 268 g/mol. The number of rotatable bonds is 3. The van der Waals surface area contributed by atoms with E-state index in [4.69, 9.17) is 0 Å². The van der Waals surface area contributed by atoms with E-state index in [1.165, 1.54) is 27.9 Å². The van der Waals surface area contributed by atoms with E-state index in [-0.39, 0.29) is 0 Å². The summed E-state index contributed by atoms with van der Waals surface area (Å²) in [6, 6.07) is 23.3. The van der Waals surface area contributed by atoms with E-state index >= 15 is 0 Å². The molecule has 2 heteroatoms. The molecule has 0 saturated carbocycles. The first-order chi connectivity index (χ1) is 10.7. The van der Waals surface area contributed by atoms with E-state index < -0.39 is 0 Å². The van der Waals surface area contributed by atoms with Crippen LogP contribution in [0, 0.1) is 0 Å². The summed E-state index contributed by atoms with van der Waals surface area (Å²) in [7, 11) is 6.30. The van der Waals surface area contributed by atoms with E-state index in [1.54, 1.807) is 0 Å². The van der Waals surface area contributed by atoms with Crippen molar-refractivity contribution >= 4 is 22.7 Å². The molecule has 0 aliphatic carbocycles. The summed E-state index contributed by atoms with van der Waals surface area (Å²) >= 11 is 0. The first-order valence-corrected chi connectivity index (χ1v) is 7.49. The second-order valence-corrected chi connectivity index (χ2v) is 5.67. The van der Waals surface area contributed by atoms with Crippen LogP contribution in [0.2, 0.25) is 0 Å². The lowest BCUT2D eigenvalue weighted by atomic mass is 10.1. The molecule has 0 N–H and O–H groups in total. The fraction of sp³-hybridized carbons (Fsp3) is 0.150. The van der Waals surface area contributed by atoms with Crippen LogP contribution in [0.25, 0.3) is 22.7 Å². The average molecular weight is 289 g/mol. The number of nitrogens with zero attached hydrogens (tertiary/aromatic N) is 2. The average Bonchev–Trinajstić information content (AvgIpc) is 2.54. The third-order valence-corrected chi connectivity index (χ3v) is 3.93. The molecule has 3 aromatic rings. The molecule has 0 aliphatic rings. The second-order valence-electron chi connectivity index (χ2n) is 5.67. The van der Waals surface area contributed by atoms with Gasteiger partial charge in [0.2, 0.25) is 11.2 Å². The van der Waals surface area contributed by atoms with Crippen molar-refractivity contribution in [3.05, 3.63) is 78.0 Å². The Morgan fingerprint density at radius 1 is 0.864 bits per heavy atom. The normalized spacial score (nSPS) is 11.7. The minimum absolute atomic E-state index is 1.19. The van der Waals surface area contributed by atoms with Crippen LogP contribution in [0.5, 0.6) is 0 Å². The highest BCUT2D eigenvalue weighted by atomic mass is 15.1. The highest BCUT2D eigenvalue weighted by molar-refractivity contribution is 5.81. The zero-order valence-electron chi connectivity index (χ0n) is 13.3. The molecule has 0 saturated heterocycles. The van der Waals surface area contributed by atoms with Crippen molar-refractivity contribution in [1.82, 2.24) is 4.90 Å². The van der Waals surface area contributed by atoms with Crippen LogP contribution >= 0.6 is 0 Å². The molecule has 1 heterocycles. The van der Waals surface area contributed by atoms with Crippen LogP contribution in [0.3, 0.4) is 0 Å². The van der Waals surface area contributed by atoms with Gasteiger partial charge in [0.25, 0.3) is 0 Å². The Bertz CT molecular complexity index is 817. The molecule has 0 bridgehead atoms. The van der Waals surface area contributed by atoms with Gasteiger partial charge in [-0.2, -0.15) is 4.57 Å². The topological polar surface area (TPSA) is 7.12 Å². The first kappa shape index (κ1) is 14.3. The van der Waals surface area contributed by atoms with Gasteiger partial charge in [0.1, 0.15) is 12.7 Å². The first-order valence-electron chi connectivity index (χ1n) is 7.49. The van der Waals surface area contributed by atoms with Crippen LogP contribution in [0.1, 0.15) is 11.3 Å². The SMILES string of the molecule is CN(C)C(=Cc1ccccc1)c1ccc2ccccc2[n+]1C. The van der Waals surface area contributed by atoms with Gasteiger partial charge in [-0.25, -0.2) is 0 Å². The van der Waals surface area contributed by atoms with E-state index in [1.807, 2.05) is 6.07 Å². The Kier molecular flexibility index (Phi) is 3.92.